The van der Waals surface area contributed by atoms with E-state index in [1.165, 1.54) is 57.8 Å². The van der Waals surface area contributed by atoms with Crippen LogP contribution in [0.1, 0.15) is 64.2 Å². The second-order valence-electron chi connectivity index (χ2n) is 3.62. The Morgan fingerprint density at radius 1 is 0.769 bits per heavy atom. The van der Waals surface area contributed by atoms with E-state index in [4.69, 9.17) is 0 Å². The molecule has 0 fully saturated rings. The fraction of sp³-hybridized carbons (Fsp3) is 0.833. The molecule has 0 unspecified atom stereocenters. The van der Waals surface area contributed by atoms with Gasteiger partial charge >= 0.3 is 0 Å². The summed E-state index contributed by atoms with van der Waals surface area (Å²) in [5, 5.41) is 0. The Kier molecular flexibility index (Phi) is 13.4. The van der Waals surface area contributed by atoms with Crippen LogP contribution in [0.4, 0.5) is 0 Å². The Balaban J connectivity index is 2.76. The van der Waals surface area contributed by atoms with E-state index in [9.17, 15) is 0 Å². The fourth-order valence-corrected chi connectivity index (χ4v) is 1.90. The molecule has 0 saturated heterocycles. The zero-order chi connectivity index (χ0) is 9.78. The van der Waals surface area contributed by atoms with E-state index in [0.29, 0.717) is 0 Å². The zero-order valence-corrected chi connectivity index (χ0v) is 10.9. The number of rotatable bonds is 10. The molecular formula is C12H23I. The van der Waals surface area contributed by atoms with Crippen molar-refractivity contribution in [3.05, 3.63) is 11.4 Å². The van der Waals surface area contributed by atoms with E-state index >= 15 is 0 Å². The van der Waals surface area contributed by atoms with Crippen molar-refractivity contribution in [1.82, 2.24) is 0 Å². The molecule has 0 heterocycles. The van der Waals surface area contributed by atoms with Crippen molar-refractivity contribution in [2.75, 3.05) is 0 Å². The number of hydrogen-bond acceptors (Lipinski definition) is 0. The SMILES string of the molecule is [CH2]CCCCCCCCCC[CH]I. The molecule has 0 aromatic carbocycles. The van der Waals surface area contributed by atoms with Gasteiger partial charge in [-0.05, 0) is 6.42 Å². The Labute approximate surface area is 98.0 Å². The number of unbranched alkanes of at least 4 members (excludes halogenated alkanes) is 9. The maximum absolute atomic E-state index is 3.85. The molecule has 13 heavy (non-hydrogen) atoms. The van der Waals surface area contributed by atoms with Crippen LogP contribution in [0.5, 0.6) is 0 Å². The van der Waals surface area contributed by atoms with Gasteiger partial charge in [0.25, 0.3) is 0 Å². The molecule has 0 atom stereocenters. The van der Waals surface area contributed by atoms with Crippen LogP contribution < -0.4 is 0 Å². The standard InChI is InChI=1S/C12H23I/c1-2-3-4-5-6-7-8-9-10-11-12-13/h12H,1-11H2. The zero-order valence-electron chi connectivity index (χ0n) is 8.73. The van der Waals surface area contributed by atoms with E-state index < -0.39 is 0 Å². The summed E-state index contributed by atoms with van der Waals surface area (Å²) in [6, 6.07) is 0. The fourth-order valence-electron chi connectivity index (χ4n) is 1.46. The van der Waals surface area contributed by atoms with Crippen molar-refractivity contribution in [1.29, 1.82) is 0 Å². The van der Waals surface area contributed by atoms with Gasteiger partial charge in [-0.25, -0.2) is 0 Å². The largest absolute Gasteiger partial charge is 0.0815 e. The summed E-state index contributed by atoms with van der Waals surface area (Å²) < 4.78 is 2.24. The van der Waals surface area contributed by atoms with Gasteiger partial charge in [0.2, 0.25) is 0 Å². The van der Waals surface area contributed by atoms with E-state index in [2.05, 4.69) is 33.9 Å². The normalized spacial score (nSPS) is 10.6. The van der Waals surface area contributed by atoms with Gasteiger partial charge in [-0.1, -0.05) is 87.3 Å². The lowest BCUT2D eigenvalue weighted by atomic mass is 10.1. The quantitative estimate of drug-likeness (QED) is 0.378. The molecule has 0 nitrogen and oxygen atoms in total. The first-order chi connectivity index (χ1) is 6.41. The second-order valence-corrected chi connectivity index (χ2v) is 4.51. The number of halogens is 1. The smallest absolute Gasteiger partial charge is 0.0227 e. The van der Waals surface area contributed by atoms with Crippen LogP contribution in [0.3, 0.4) is 0 Å². The Hall–Kier alpha value is 0.730. The lowest BCUT2D eigenvalue weighted by molar-refractivity contribution is 0.570. The van der Waals surface area contributed by atoms with Gasteiger partial charge in [0.15, 0.2) is 0 Å². The molecule has 0 bridgehead atoms. The van der Waals surface area contributed by atoms with E-state index in [-0.39, 0.29) is 0 Å². The molecule has 0 amide bonds. The molecule has 1 heteroatoms. The monoisotopic (exact) mass is 294 g/mol. The molecule has 2 radical (unpaired) electrons. The van der Waals surface area contributed by atoms with Crippen LogP contribution in [0.25, 0.3) is 0 Å². The summed E-state index contributed by atoms with van der Waals surface area (Å²) >= 11 is 2.34. The van der Waals surface area contributed by atoms with Crippen molar-refractivity contribution in [2.45, 2.75) is 64.2 Å². The maximum atomic E-state index is 3.85. The Morgan fingerprint density at radius 3 is 1.69 bits per heavy atom. The Morgan fingerprint density at radius 2 is 1.23 bits per heavy atom. The average Bonchev–Trinajstić information content (AvgIpc) is 2.16. The highest BCUT2D eigenvalue weighted by Crippen LogP contribution is 2.11. The first kappa shape index (κ1) is 13.7. The topological polar surface area (TPSA) is 0 Å². The third-order valence-corrected chi connectivity index (χ3v) is 2.94. The van der Waals surface area contributed by atoms with Crippen LogP contribution >= 0.6 is 22.6 Å². The van der Waals surface area contributed by atoms with E-state index in [1.807, 2.05) is 0 Å². The van der Waals surface area contributed by atoms with Gasteiger partial charge in [-0.3, -0.25) is 0 Å². The minimum Gasteiger partial charge on any atom is -0.0815 e. The van der Waals surface area contributed by atoms with Crippen LogP contribution in [0, 0.1) is 11.4 Å². The van der Waals surface area contributed by atoms with E-state index in [1.54, 1.807) is 0 Å². The highest BCUT2D eigenvalue weighted by Gasteiger charge is 1.91. The predicted molar refractivity (Wildman–Crippen MR) is 69.8 cm³/mol. The molecule has 0 N–H and O–H groups in total. The van der Waals surface area contributed by atoms with Gasteiger partial charge in [-0.15, -0.1) is 0 Å². The first-order valence-corrected chi connectivity index (χ1v) is 6.87. The molecule has 0 aliphatic carbocycles. The van der Waals surface area contributed by atoms with Crippen LogP contribution in [0.15, 0.2) is 0 Å². The van der Waals surface area contributed by atoms with Crippen LogP contribution in [-0.2, 0) is 0 Å². The molecule has 78 valence electrons. The molecule has 0 aliphatic rings. The summed E-state index contributed by atoms with van der Waals surface area (Å²) in [5.41, 5.74) is 0. The van der Waals surface area contributed by atoms with Gasteiger partial charge in [-0.2, -0.15) is 0 Å². The van der Waals surface area contributed by atoms with Crippen LogP contribution in [0.2, 0.25) is 0 Å². The summed E-state index contributed by atoms with van der Waals surface area (Å²) in [7, 11) is 0. The van der Waals surface area contributed by atoms with Crippen molar-refractivity contribution >= 4 is 22.6 Å². The predicted octanol–water partition coefficient (Wildman–Crippen LogP) is 5.32. The van der Waals surface area contributed by atoms with Gasteiger partial charge in [0, 0.05) is 4.43 Å². The molecule has 0 spiro atoms. The first-order valence-electron chi connectivity index (χ1n) is 5.63. The molecule has 0 rings (SSSR count). The molecule has 0 aliphatic heterocycles. The molecule has 0 aromatic rings. The summed E-state index contributed by atoms with van der Waals surface area (Å²) in [4.78, 5) is 0. The summed E-state index contributed by atoms with van der Waals surface area (Å²) in [6.45, 7) is 3.85. The minimum atomic E-state index is 1.12. The minimum absolute atomic E-state index is 1.12. The maximum Gasteiger partial charge on any atom is 0.0227 e. The van der Waals surface area contributed by atoms with Crippen LogP contribution in [-0.4, -0.2) is 0 Å². The molecule has 0 saturated carbocycles. The van der Waals surface area contributed by atoms with Crippen molar-refractivity contribution < 1.29 is 0 Å². The summed E-state index contributed by atoms with van der Waals surface area (Å²) in [6.07, 6.45) is 13.7. The third-order valence-electron chi connectivity index (χ3n) is 2.31. The lowest BCUT2D eigenvalue weighted by Gasteiger charge is -2.00. The lowest BCUT2D eigenvalue weighted by Crippen LogP contribution is -1.80. The highest BCUT2D eigenvalue weighted by molar-refractivity contribution is 14.1. The molecular weight excluding hydrogens is 271 g/mol. The summed E-state index contributed by atoms with van der Waals surface area (Å²) in [5.74, 6) is 0. The van der Waals surface area contributed by atoms with Gasteiger partial charge in [0.1, 0.15) is 0 Å². The highest BCUT2D eigenvalue weighted by atomic mass is 127. The van der Waals surface area contributed by atoms with Gasteiger partial charge in [0.05, 0.1) is 0 Å². The van der Waals surface area contributed by atoms with Crippen molar-refractivity contribution in [2.24, 2.45) is 0 Å². The third kappa shape index (κ3) is 12.7. The van der Waals surface area contributed by atoms with Crippen molar-refractivity contribution in [3.63, 3.8) is 0 Å². The average molecular weight is 294 g/mol. The second kappa shape index (κ2) is 12.7. The van der Waals surface area contributed by atoms with E-state index in [0.717, 1.165) is 6.42 Å². The Bertz CT molecular complexity index is 71.2. The van der Waals surface area contributed by atoms with Gasteiger partial charge < -0.3 is 0 Å². The van der Waals surface area contributed by atoms with Crippen molar-refractivity contribution in [3.8, 4) is 0 Å². The number of hydrogen-bond donors (Lipinski definition) is 0. The molecule has 0 aromatic heterocycles.